The van der Waals surface area contributed by atoms with Crippen LogP contribution in [0.4, 0.5) is 5.82 Å². The highest BCUT2D eigenvalue weighted by Crippen LogP contribution is 2.28. The fraction of sp³-hybridized carbons (Fsp3) is 0.273. The number of sulfonamides is 1. The summed E-state index contributed by atoms with van der Waals surface area (Å²) in [5.74, 6) is 0.416. The molecule has 0 saturated carbocycles. The summed E-state index contributed by atoms with van der Waals surface area (Å²) in [7, 11) is -2.33. The zero-order valence-electron chi connectivity index (χ0n) is 10.8. The molecule has 19 heavy (non-hydrogen) atoms. The van der Waals surface area contributed by atoms with Gasteiger partial charge in [-0.1, -0.05) is 0 Å². The van der Waals surface area contributed by atoms with Gasteiger partial charge in [0.1, 0.15) is 10.6 Å². The minimum atomic E-state index is -3.76. The van der Waals surface area contributed by atoms with Crippen LogP contribution in [0.2, 0.25) is 0 Å². The Hall–Kier alpha value is -2.09. The molecule has 0 radical (unpaired) electrons. The lowest BCUT2D eigenvalue weighted by molar-refractivity contribution is 0.402. The quantitative estimate of drug-likeness (QED) is 0.879. The van der Waals surface area contributed by atoms with Crippen LogP contribution in [0, 0.1) is 13.8 Å². The van der Waals surface area contributed by atoms with Gasteiger partial charge in [0.05, 0.1) is 13.3 Å². The van der Waals surface area contributed by atoms with E-state index in [2.05, 4.69) is 20.1 Å². The molecule has 1 aromatic carbocycles. The van der Waals surface area contributed by atoms with Crippen LogP contribution in [0.1, 0.15) is 11.1 Å². The molecule has 2 aromatic rings. The Bertz CT molecular complexity index is 680. The number of anilines is 1. The van der Waals surface area contributed by atoms with Gasteiger partial charge in [-0.15, -0.1) is 5.10 Å². The van der Waals surface area contributed by atoms with Crippen molar-refractivity contribution in [3.8, 4) is 5.75 Å². The standard InChI is InChI=1S/C11H14N4O3S/c1-7-4-9(18-3)10(5-8(7)2)19(16,17)14-11-6-12-15-13-11/h4-6H,1-3H3,(H2,12,13,14,15). The van der Waals surface area contributed by atoms with Gasteiger partial charge < -0.3 is 4.74 Å². The topological polar surface area (TPSA) is 97.0 Å². The Morgan fingerprint density at radius 3 is 2.53 bits per heavy atom. The molecule has 1 heterocycles. The van der Waals surface area contributed by atoms with E-state index in [1.165, 1.54) is 13.3 Å². The van der Waals surface area contributed by atoms with Gasteiger partial charge in [-0.05, 0) is 37.1 Å². The zero-order chi connectivity index (χ0) is 14.0. The van der Waals surface area contributed by atoms with Gasteiger partial charge in [-0.25, -0.2) is 8.42 Å². The number of aromatic amines is 1. The summed E-state index contributed by atoms with van der Waals surface area (Å²) in [6.07, 6.45) is 1.28. The minimum absolute atomic E-state index is 0.0705. The Morgan fingerprint density at radius 1 is 1.26 bits per heavy atom. The van der Waals surface area contributed by atoms with Crippen LogP contribution in [0.5, 0.6) is 5.75 Å². The van der Waals surface area contributed by atoms with Crippen LogP contribution in [-0.2, 0) is 10.0 Å². The van der Waals surface area contributed by atoms with E-state index >= 15 is 0 Å². The van der Waals surface area contributed by atoms with E-state index in [9.17, 15) is 8.42 Å². The number of hydrogen-bond acceptors (Lipinski definition) is 5. The maximum Gasteiger partial charge on any atom is 0.266 e. The average molecular weight is 282 g/mol. The molecule has 0 aliphatic rings. The molecule has 0 bridgehead atoms. The van der Waals surface area contributed by atoms with Crippen molar-refractivity contribution < 1.29 is 13.2 Å². The first-order valence-corrected chi connectivity index (χ1v) is 6.96. The van der Waals surface area contributed by atoms with Gasteiger partial charge in [0.15, 0.2) is 5.82 Å². The number of H-pyrrole nitrogens is 1. The molecule has 7 nitrogen and oxygen atoms in total. The van der Waals surface area contributed by atoms with E-state index in [1.54, 1.807) is 12.1 Å². The molecule has 2 N–H and O–H groups in total. The van der Waals surface area contributed by atoms with Crippen molar-refractivity contribution in [2.75, 3.05) is 11.8 Å². The predicted octanol–water partition coefficient (Wildman–Crippen LogP) is 1.23. The Balaban J connectivity index is 2.48. The van der Waals surface area contributed by atoms with E-state index in [4.69, 9.17) is 4.74 Å². The number of nitrogens with one attached hydrogen (secondary N) is 2. The number of nitrogens with zero attached hydrogens (tertiary/aromatic N) is 2. The summed E-state index contributed by atoms with van der Waals surface area (Å²) in [5.41, 5.74) is 1.82. The number of aryl methyl sites for hydroxylation is 2. The van der Waals surface area contributed by atoms with E-state index in [0.717, 1.165) is 11.1 Å². The van der Waals surface area contributed by atoms with Crippen molar-refractivity contribution in [1.29, 1.82) is 0 Å². The number of ether oxygens (including phenoxy) is 1. The number of hydrogen-bond donors (Lipinski definition) is 2. The lowest BCUT2D eigenvalue weighted by atomic mass is 10.1. The monoisotopic (exact) mass is 282 g/mol. The fourth-order valence-electron chi connectivity index (χ4n) is 1.58. The smallest absolute Gasteiger partial charge is 0.266 e. The van der Waals surface area contributed by atoms with Gasteiger partial charge in [-0.2, -0.15) is 10.3 Å². The van der Waals surface area contributed by atoms with Gasteiger partial charge >= 0.3 is 0 Å². The van der Waals surface area contributed by atoms with Crippen LogP contribution >= 0.6 is 0 Å². The number of benzene rings is 1. The first kappa shape index (κ1) is 13.3. The third-order valence-corrected chi connectivity index (χ3v) is 4.10. The van der Waals surface area contributed by atoms with Crippen molar-refractivity contribution in [3.05, 3.63) is 29.5 Å². The van der Waals surface area contributed by atoms with Crippen LogP contribution in [-0.4, -0.2) is 30.9 Å². The Labute approximate surface area is 111 Å². The molecule has 0 fully saturated rings. The lowest BCUT2D eigenvalue weighted by Gasteiger charge is -2.12. The van der Waals surface area contributed by atoms with Gasteiger partial charge in [-0.3, -0.25) is 4.72 Å². The Morgan fingerprint density at radius 2 is 1.95 bits per heavy atom. The van der Waals surface area contributed by atoms with E-state index in [0.29, 0.717) is 5.75 Å². The maximum absolute atomic E-state index is 12.3. The summed E-state index contributed by atoms with van der Waals surface area (Å²) in [6, 6.07) is 3.25. The van der Waals surface area contributed by atoms with Crippen LogP contribution < -0.4 is 9.46 Å². The van der Waals surface area contributed by atoms with Crippen molar-refractivity contribution in [3.63, 3.8) is 0 Å². The summed E-state index contributed by atoms with van der Waals surface area (Å²) >= 11 is 0. The molecule has 0 unspecified atom stereocenters. The van der Waals surface area contributed by atoms with Crippen molar-refractivity contribution in [2.24, 2.45) is 0 Å². The second-order valence-electron chi connectivity index (χ2n) is 4.05. The highest BCUT2D eigenvalue weighted by molar-refractivity contribution is 7.92. The minimum Gasteiger partial charge on any atom is -0.495 e. The van der Waals surface area contributed by atoms with Crippen LogP contribution in [0.25, 0.3) is 0 Å². The van der Waals surface area contributed by atoms with Gasteiger partial charge in [0, 0.05) is 0 Å². The molecule has 8 heteroatoms. The molecule has 0 saturated heterocycles. The third-order valence-electron chi connectivity index (χ3n) is 2.72. The number of rotatable bonds is 4. The molecular formula is C11H14N4O3S. The highest BCUT2D eigenvalue weighted by Gasteiger charge is 2.21. The largest absolute Gasteiger partial charge is 0.495 e. The second kappa shape index (κ2) is 4.88. The molecule has 1 aromatic heterocycles. The predicted molar refractivity (Wildman–Crippen MR) is 69.7 cm³/mol. The van der Waals surface area contributed by atoms with Crippen LogP contribution in [0.15, 0.2) is 23.2 Å². The molecule has 102 valence electrons. The summed E-state index contributed by atoms with van der Waals surface area (Å²) in [5, 5.41) is 9.53. The van der Waals surface area contributed by atoms with Gasteiger partial charge in [0.2, 0.25) is 0 Å². The summed E-state index contributed by atoms with van der Waals surface area (Å²) in [6.45, 7) is 3.73. The molecule has 0 aliphatic carbocycles. The summed E-state index contributed by atoms with van der Waals surface area (Å²) in [4.78, 5) is 0.0705. The van der Waals surface area contributed by atoms with E-state index < -0.39 is 10.0 Å². The lowest BCUT2D eigenvalue weighted by Crippen LogP contribution is -2.15. The summed E-state index contributed by atoms with van der Waals surface area (Å²) < 4.78 is 32.0. The van der Waals surface area contributed by atoms with E-state index in [-0.39, 0.29) is 10.7 Å². The maximum atomic E-state index is 12.3. The number of methoxy groups -OCH3 is 1. The SMILES string of the molecule is COc1cc(C)c(C)cc1S(=O)(=O)Nc1cn[nH]n1. The fourth-order valence-corrected chi connectivity index (χ4v) is 2.80. The number of aromatic nitrogens is 3. The first-order chi connectivity index (χ1) is 8.94. The first-order valence-electron chi connectivity index (χ1n) is 5.48. The third kappa shape index (κ3) is 2.68. The van der Waals surface area contributed by atoms with Crippen molar-refractivity contribution in [1.82, 2.24) is 15.4 Å². The second-order valence-corrected chi connectivity index (χ2v) is 5.70. The highest BCUT2D eigenvalue weighted by atomic mass is 32.2. The average Bonchev–Trinajstić information content (AvgIpc) is 2.84. The normalized spacial score (nSPS) is 11.3. The van der Waals surface area contributed by atoms with Crippen LogP contribution in [0.3, 0.4) is 0 Å². The molecule has 2 rings (SSSR count). The zero-order valence-corrected chi connectivity index (χ0v) is 11.6. The molecule has 0 spiro atoms. The molecule has 0 aliphatic heterocycles. The molecule has 0 atom stereocenters. The Kier molecular flexibility index (Phi) is 3.43. The van der Waals surface area contributed by atoms with Crippen molar-refractivity contribution in [2.45, 2.75) is 18.7 Å². The van der Waals surface area contributed by atoms with E-state index in [1.807, 2.05) is 13.8 Å². The molecular weight excluding hydrogens is 268 g/mol. The van der Waals surface area contributed by atoms with Crippen molar-refractivity contribution >= 4 is 15.8 Å². The van der Waals surface area contributed by atoms with Gasteiger partial charge in [0.25, 0.3) is 10.0 Å². The molecule has 0 amide bonds.